The van der Waals surface area contributed by atoms with Crippen molar-refractivity contribution in [3.63, 3.8) is 0 Å². The van der Waals surface area contributed by atoms with Crippen LogP contribution in [0.25, 0.3) is 0 Å². The van der Waals surface area contributed by atoms with Crippen LogP contribution in [0, 0.1) is 6.92 Å². The summed E-state index contributed by atoms with van der Waals surface area (Å²) < 4.78 is 15.5. The van der Waals surface area contributed by atoms with Crippen LogP contribution in [0.2, 0.25) is 5.02 Å². The molecule has 0 unspecified atom stereocenters. The summed E-state index contributed by atoms with van der Waals surface area (Å²) in [5, 5.41) is 0.464. The van der Waals surface area contributed by atoms with Crippen LogP contribution in [0.15, 0.2) is 42.5 Å². The van der Waals surface area contributed by atoms with Crippen molar-refractivity contribution < 1.29 is 23.8 Å². The Balaban J connectivity index is 1.87. The van der Waals surface area contributed by atoms with Gasteiger partial charge in [-0.1, -0.05) is 23.7 Å². The Hall–Kier alpha value is -2.53. The van der Waals surface area contributed by atoms with Crippen LogP contribution >= 0.6 is 11.6 Å². The predicted molar refractivity (Wildman–Crippen MR) is 89.7 cm³/mol. The summed E-state index contributed by atoms with van der Waals surface area (Å²) in [5.41, 5.74) is 0.930. The van der Waals surface area contributed by atoms with Gasteiger partial charge in [0.1, 0.15) is 5.75 Å². The minimum atomic E-state index is -0.540. The van der Waals surface area contributed by atoms with E-state index >= 15 is 0 Å². The van der Waals surface area contributed by atoms with E-state index in [9.17, 15) is 9.59 Å². The maximum atomic E-state index is 11.9. The fourth-order valence-corrected chi connectivity index (χ4v) is 2.13. The molecule has 0 spiro atoms. The van der Waals surface area contributed by atoms with E-state index in [1.165, 1.54) is 13.2 Å². The molecule has 0 aliphatic heterocycles. The van der Waals surface area contributed by atoms with Gasteiger partial charge < -0.3 is 14.2 Å². The molecule has 2 rings (SSSR count). The lowest BCUT2D eigenvalue weighted by Crippen LogP contribution is -2.14. The monoisotopic (exact) mass is 348 g/mol. The lowest BCUT2D eigenvalue weighted by molar-refractivity contribution is -0.140. The van der Waals surface area contributed by atoms with Gasteiger partial charge in [0.05, 0.1) is 20.0 Å². The first-order valence-electron chi connectivity index (χ1n) is 7.29. The van der Waals surface area contributed by atoms with E-state index in [2.05, 4.69) is 0 Å². The molecule has 0 N–H and O–H groups in total. The summed E-state index contributed by atoms with van der Waals surface area (Å²) in [6, 6.07) is 11.7. The lowest BCUT2D eigenvalue weighted by atomic mass is 10.2. The number of ether oxygens (including phenoxy) is 3. The molecule has 126 valence electrons. The fraction of sp³-hybridized carbons (Fsp3) is 0.222. The summed E-state index contributed by atoms with van der Waals surface area (Å²) in [4.78, 5) is 23.7. The molecule has 0 amide bonds. The zero-order chi connectivity index (χ0) is 17.5. The molecule has 0 bridgehead atoms. The Bertz CT molecular complexity index is 742. The highest BCUT2D eigenvalue weighted by Crippen LogP contribution is 2.28. The number of esters is 2. The summed E-state index contributed by atoms with van der Waals surface area (Å²) >= 11 is 5.81. The van der Waals surface area contributed by atoms with Gasteiger partial charge in [0.25, 0.3) is 0 Å². The first-order valence-corrected chi connectivity index (χ1v) is 7.67. The second kappa shape index (κ2) is 8.36. The molecule has 5 nitrogen and oxygen atoms in total. The lowest BCUT2D eigenvalue weighted by Gasteiger charge is -2.10. The molecular weight excluding hydrogens is 332 g/mol. The number of methoxy groups -OCH3 is 1. The molecule has 0 radical (unpaired) electrons. The molecule has 0 aliphatic rings. The number of carbonyl (C=O) groups is 2. The van der Waals surface area contributed by atoms with Crippen molar-refractivity contribution in [1.82, 2.24) is 0 Å². The van der Waals surface area contributed by atoms with Crippen LogP contribution in [0.3, 0.4) is 0 Å². The van der Waals surface area contributed by atoms with Gasteiger partial charge in [-0.15, -0.1) is 0 Å². The van der Waals surface area contributed by atoms with Crippen LogP contribution in [-0.4, -0.2) is 19.0 Å². The van der Waals surface area contributed by atoms with Gasteiger partial charge in [0, 0.05) is 5.02 Å². The first kappa shape index (κ1) is 17.8. The predicted octanol–water partition coefficient (Wildman–Crippen LogP) is 3.95. The molecule has 0 aliphatic carbocycles. The molecular formula is C18H17ClO5. The van der Waals surface area contributed by atoms with Crippen LogP contribution in [0.5, 0.6) is 17.2 Å². The van der Waals surface area contributed by atoms with E-state index in [0.29, 0.717) is 22.3 Å². The normalized spacial score (nSPS) is 10.1. The van der Waals surface area contributed by atoms with Gasteiger partial charge in [-0.05, 0) is 42.8 Å². The smallest absolute Gasteiger partial charge is 0.311 e. The largest absolute Gasteiger partial charge is 0.493 e. The third-order valence-corrected chi connectivity index (χ3v) is 3.34. The number of aryl methyl sites for hydroxylation is 1. The zero-order valence-electron chi connectivity index (χ0n) is 13.4. The first-order chi connectivity index (χ1) is 11.5. The van der Waals surface area contributed by atoms with Gasteiger partial charge in [0.2, 0.25) is 0 Å². The van der Waals surface area contributed by atoms with Gasteiger partial charge in [0.15, 0.2) is 11.5 Å². The summed E-state index contributed by atoms with van der Waals surface area (Å²) in [5.74, 6) is 0.0368. The number of halogens is 1. The topological polar surface area (TPSA) is 61.8 Å². The molecule has 0 saturated heterocycles. The van der Waals surface area contributed by atoms with Gasteiger partial charge in [-0.3, -0.25) is 9.59 Å². The number of carbonyl (C=O) groups excluding carboxylic acids is 2. The molecule has 2 aromatic rings. The molecule has 0 saturated carbocycles. The number of rotatable bonds is 6. The highest BCUT2D eigenvalue weighted by Gasteiger charge is 2.13. The Labute approximate surface area is 145 Å². The number of hydrogen-bond acceptors (Lipinski definition) is 5. The van der Waals surface area contributed by atoms with Crippen molar-refractivity contribution in [2.24, 2.45) is 0 Å². The minimum Gasteiger partial charge on any atom is -0.493 e. The van der Waals surface area contributed by atoms with Crippen molar-refractivity contribution in [1.29, 1.82) is 0 Å². The minimum absolute atomic E-state index is 0.0977. The number of hydrogen-bond donors (Lipinski definition) is 0. The Morgan fingerprint density at radius 3 is 2.33 bits per heavy atom. The zero-order valence-corrected chi connectivity index (χ0v) is 14.1. The molecule has 6 heteroatoms. The quantitative estimate of drug-likeness (QED) is 0.584. The van der Waals surface area contributed by atoms with Crippen LogP contribution in [0.4, 0.5) is 0 Å². The highest BCUT2D eigenvalue weighted by molar-refractivity contribution is 6.30. The van der Waals surface area contributed by atoms with Crippen molar-refractivity contribution >= 4 is 23.5 Å². The second-order valence-corrected chi connectivity index (χ2v) is 5.50. The van der Waals surface area contributed by atoms with E-state index in [-0.39, 0.29) is 12.8 Å². The molecule has 2 aromatic carbocycles. The van der Waals surface area contributed by atoms with E-state index in [0.717, 1.165) is 5.56 Å². The average molecular weight is 349 g/mol. The third kappa shape index (κ3) is 5.28. The van der Waals surface area contributed by atoms with Crippen molar-refractivity contribution in [3.8, 4) is 17.2 Å². The SMILES string of the molecule is COc1ccc(C)cc1OC(=O)CCC(=O)Oc1cccc(Cl)c1. The molecule has 0 aromatic heterocycles. The average Bonchev–Trinajstić information content (AvgIpc) is 2.53. The number of benzene rings is 2. The van der Waals surface area contributed by atoms with Crippen LogP contribution in [-0.2, 0) is 9.59 Å². The van der Waals surface area contributed by atoms with Gasteiger partial charge in [-0.2, -0.15) is 0 Å². The Kier molecular flexibility index (Phi) is 6.21. The third-order valence-electron chi connectivity index (χ3n) is 3.10. The highest BCUT2D eigenvalue weighted by atomic mass is 35.5. The molecule has 0 fully saturated rings. The van der Waals surface area contributed by atoms with Crippen molar-refractivity contribution in [2.75, 3.05) is 7.11 Å². The van der Waals surface area contributed by atoms with Crippen LogP contribution < -0.4 is 14.2 Å². The second-order valence-electron chi connectivity index (χ2n) is 5.06. The molecule has 0 atom stereocenters. The fourth-order valence-electron chi connectivity index (χ4n) is 1.95. The van der Waals surface area contributed by atoms with Gasteiger partial charge >= 0.3 is 11.9 Å². The Morgan fingerprint density at radius 1 is 0.958 bits per heavy atom. The maximum Gasteiger partial charge on any atom is 0.311 e. The van der Waals surface area contributed by atoms with E-state index in [1.54, 1.807) is 30.3 Å². The van der Waals surface area contributed by atoms with Crippen molar-refractivity contribution in [3.05, 3.63) is 53.1 Å². The standard InChI is InChI=1S/C18H17ClO5/c1-12-6-7-15(22-2)16(10-12)24-18(21)9-8-17(20)23-14-5-3-4-13(19)11-14/h3-7,10-11H,8-9H2,1-2H3. The molecule has 24 heavy (non-hydrogen) atoms. The van der Waals surface area contributed by atoms with E-state index in [4.69, 9.17) is 25.8 Å². The van der Waals surface area contributed by atoms with E-state index < -0.39 is 11.9 Å². The summed E-state index contributed by atoms with van der Waals surface area (Å²) in [7, 11) is 1.49. The summed E-state index contributed by atoms with van der Waals surface area (Å²) in [6.07, 6.45) is -0.198. The Morgan fingerprint density at radius 2 is 1.67 bits per heavy atom. The van der Waals surface area contributed by atoms with E-state index in [1.807, 2.05) is 13.0 Å². The summed E-state index contributed by atoms with van der Waals surface area (Å²) in [6.45, 7) is 1.87. The molecule has 0 heterocycles. The van der Waals surface area contributed by atoms with Gasteiger partial charge in [-0.25, -0.2) is 0 Å². The maximum absolute atomic E-state index is 11.9. The van der Waals surface area contributed by atoms with Crippen LogP contribution in [0.1, 0.15) is 18.4 Å². The van der Waals surface area contributed by atoms with Crippen molar-refractivity contribution in [2.45, 2.75) is 19.8 Å².